The number of methoxy groups -OCH3 is 1. The Hall–Kier alpha value is -2.37. The van der Waals surface area contributed by atoms with Crippen LogP contribution < -0.4 is 9.47 Å². The first kappa shape index (κ1) is 14.0. The zero-order valence-corrected chi connectivity index (χ0v) is 11.7. The Kier molecular flexibility index (Phi) is 4.34. The third-order valence-corrected chi connectivity index (χ3v) is 2.74. The molecule has 0 spiro atoms. The van der Waals surface area contributed by atoms with Crippen molar-refractivity contribution in [1.82, 2.24) is 10.1 Å². The number of aryl methyl sites for hydroxylation is 1. The molecule has 6 nitrogen and oxygen atoms in total. The molecule has 0 saturated heterocycles. The van der Waals surface area contributed by atoms with Crippen molar-refractivity contribution in [3.8, 4) is 11.5 Å². The number of hydrogen-bond donors (Lipinski definition) is 0. The maximum absolute atomic E-state index is 11.6. The van der Waals surface area contributed by atoms with Crippen molar-refractivity contribution in [2.24, 2.45) is 0 Å². The lowest BCUT2D eigenvalue weighted by Gasteiger charge is -2.09. The van der Waals surface area contributed by atoms with E-state index in [4.69, 9.17) is 14.0 Å². The topological polar surface area (TPSA) is 74.5 Å². The molecule has 1 aromatic carbocycles. The van der Waals surface area contributed by atoms with Gasteiger partial charge in [-0.1, -0.05) is 12.1 Å². The van der Waals surface area contributed by atoms with E-state index in [0.717, 1.165) is 0 Å². The molecule has 0 bridgehead atoms. The summed E-state index contributed by atoms with van der Waals surface area (Å²) < 4.78 is 15.7. The monoisotopic (exact) mass is 276 g/mol. The first-order chi connectivity index (χ1) is 9.63. The molecule has 20 heavy (non-hydrogen) atoms. The predicted molar refractivity (Wildman–Crippen MR) is 71.0 cm³/mol. The van der Waals surface area contributed by atoms with Crippen LogP contribution in [0, 0.1) is 0 Å². The van der Waals surface area contributed by atoms with Crippen LogP contribution in [-0.4, -0.2) is 23.0 Å². The molecular formula is C14H16N2O4. The highest BCUT2D eigenvalue weighted by Gasteiger charge is 2.12. The molecule has 0 atom stereocenters. The second-order valence-corrected chi connectivity index (χ2v) is 4.16. The number of nitrogens with zero attached hydrogens (tertiary/aromatic N) is 2. The Bertz CT molecular complexity index is 607. The van der Waals surface area contributed by atoms with Crippen LogP contribution in [0.5, 0.6) is 11.5 Å². The average Bonchev–Trinajstić information content (AvgIpc) is 2.92. The van der Waals surface area contributed by atoms with Gasteiger partial charge in [0.05, 0.1) is 12.7 Å². The van der Waals surface area contributed by atoms with Gasteiger partial charge in [-0.25, -0.2) is 0 Å². The first-order valence-electron chi connectivity index (χ1n) is 6.27. The largest absolute Gasteiger partial charge is 0.497 e. The van der Waals surface area contributed by atoms with Crippen molar-refractivity contribution in [3.63, 3.8) is 0 Å². The van der Waals surface area contributed by atoms with Gasteiger partial charge in [-0.2, -0.15) is 4.98 Å². The third-order valence-electron chi connectivity index (χ3n) is 2.74. The van der Waals surface area contributed by atoms with Crippen LogP contribution >= 0.6 is 0 Å². The molecule has 6 heteroatoms. The van der Waals surface area contributed by atoms with Gasteiger partial charge in [0.1, 0.15) is 11.5 Å². The minimum atomic E-state index is -0.0787. The number of aromatic nitrogens is 2. The van der Waals surface area contributed by atoms with Crippen LogP contribution in [0.4, 0.5) is 0 Å². The van der Waals surface area contributed by atoms with Crippen LogP contribution in [0.1, 0.15) is 35.9 Å². The Morgan fingerprint density at radius 3 is 2.80 bits per heavy atom. The second-order valence-electron chi connectivity index (χ2n) is 4.16. The minimum absolute atomic E-state index is 0.0787. The van der Waals surface area contributed by atoms with Gasteiger partial charge in [0, 0.05) is 12.5 Å². The molecule has 0 amide bonds. The molecule has 0 saturated carbocycles. The molecule has 0 aliphatic carbocycles. The lowest BCUT2D eigenvalue weighted by molar-refractivity contribution is 0.101. The number of carbonyl (C=O) groups excluding carboxylic acids is 1. The Labute approximate surface area is 116 Å². The summed E-state index contributed by atoms with van der Waals surface area (Å²) in [5, 5.41) is 3.79. The van der Waals surface area contributed by atoms with Gasteiger partial charge >= 0.3 is 0 Å². The molecule has 106 valence electrons. The summed E-state index contributed by atoms with van der Waals surface area (Å²) >= 11 is 0. The normalized spacial score (nSPS) is 10.3. The van der Waals surface area contributed by atoms with E-state index in [1.165, 1.54) is 6.92 Å². The summed E-state index contributed by atoms with van der Waals surface area (Å²) in [6.45, 7) is 3.54. The van der Waals surface area contributed by atoms with Crippen molar-refractivity contribution in [1.29, 1.82) is 0 Å². The van der Waals surface area contributed by atoms with Crippen molar-refractivity contribution in [2.75, 3.05) is 7.11 Å². The number of hydrogen-bond acceptors (Lipinski definition) is 6. The summed E-state index contributed by atoms with van der Waals surface area (Å²) in [7, 11) is 1.55. The number of benzene rings is 1. The van der Waals surface area contributed by atoms with Crippen molar-refractivity contribution >= 4 is 5.78 Å². The van der Waals surface area contributed by atoms with Gasteiger partial charge in [-0.15, -0.1) is 0 Å². The maximum atomic E-state index is 11.6. The number of ketones is 1. The van der Waals surface area contributed by atoms with E-state index in [9.17, 15) is 4.79 Å². The number of Topliss-reactive ketones (excluding diaryl/α,β-unsaturated/α-hetero) is 1. The Balaban J connectivity index is 2.16. The van der Waals surface area contributed by atoms with Crippen LogP contribution in [0.3, 0.4) is 0 Å². The van der Waals surface area contributed by atoms with Gasteiger partial charge in [0.25, 0.3) is 0 Å². The van der Waals surface area contributed by atoms with Gasteiger partial charge in [0.15, 0.2) is 12.4 Å². The van der Waals surface area contributed by atoms with E-state index in [1.807, 2.05) is 6.92 Å². The number of ether oxygens (including phenoxy) is 2. The minimum Gasteiger partial charge on any atom is -0.497 e. The molecule has 1 heterocycles. The standard InChI is InChI=1S/C14H16N2O4/c1-4-14-15-13(16-20-14)8-19-12-7-10(18-3)5-6-11(12)9(2)17/h5-7H,4,8H2,1-3H3. The van der Waals surface area contributed by atoms with Crippen LogP contribution in [0.15, 0.2) is 22.7 Å². The summed E-state index contributed by atoms with van der Waals surface area (Å²) in [6, 6.07) is 5.05. The van der Waals surface area contributed by atoms with Crippen molar-refractivity contribution in [2.45, 2.75) is 26.9 Å². The summed E-state index contributed by atoms with van der Waals surface area (Å²) in [4.78, 5) is 15.7. The summed E-state index contributed by atoms with van der Waals surface area (Å²) in [5.74, 6) is 1.98. The molecule has 0 unspecified atom stereocenters. The van der Waals surface area contributed by atoms with Crippen LogP contribution in [-0.2, 0) is 13.0 Å². The van der Waals surface area contributed by atoms with Crippen molar-refractivity contribution in [3.05, 3.63) is 35.5 Å². The molecule has 0 N–H and O–H groups in total. The van der Waals surface area contributed by atoms with Crippen molar-refractivity contribution < 1.29 is 18.8 Å². The van der Waals surface area contributed by atoms with Gasteiger partial charge in [-0.3, -0.25) is 4.79 Å². The Morgan fingerprint density at radius 2 is 2.20 bits per heavy atom. The van der Waals surface area contributed by atoms with Crippen LogP contribution in [0.25, 0.3) is 0 Å². The lowest BCUT2D eigenvalue weighted by Crippen LogP contribution is -2.03. The fourth-order valence-corrected chi connectivity index (χ4v) is 1.67. The smallest absolute Gasteiger partial charge is 0.226 e. The Morgan fingerprint density at radius 1 is 1.40 bits per heavy atom. The first-order valence-corrected chi connectivity index (χ1v) is 6.27. The summed E-state index contributed by atoms with van der Waals surface area (Å²) in [6.07, 6.45) is 0.671. The van der Waals surface area contributed by atoms with E-state index in [1.54, 1.807) is 25.3 Å². The predicted octanol–water partition coefficient (Wildman–Crippen LogP) is 2.42. The van der Waals surface area contributed by atoms with E-state index < -0.39 is 0 Å². The van der Waals surface area contributed by atoms with Crippen LogP contribution in [0.2, 0.25) is 0 Å². The fraction of sp³-hybridized carbons (Fsp3) is 0.357. The number of carbonyl (C=O) groups is 1. The molecule has 1 aromatic heterocycles. The van der Waals surface area contributed by atoms with E-state index >= 15 is 0 Å². The number of rotatable bonds is 6. The molecule has 0 aliphatic rings. The van der Waals surface area contributed by atoms with E-state index in [0.29, 0.717) is 35.2 Å². The highest BCUT2D eigenvalue weighted by atomic mass is 16.5. The summed E-state index contributed by atoms with van der Waals surface area (Å²) in [5.41, 5.74) is 0.491. The molecule has 0 aliphatic heterocycles. The average molecular weight is 276 g/mol. The van der Waals surface area contributed by atoms with Gasteiger partial charge < -0.3 is 14.0 Å². The van der Waals surface area contributed by atoms with E-state index in [2.05, 4.69) is 10.1 Å². The zero-order valence-electron chi connectivity index (χ0n) is 11.7. The SMILES string of the molecule is CCc1nc(COc2cc(OC)ccc2C(C)=O)no1. The third kappa shape index (κ3) is 3.14. The molecule has 0 fully saturated rings. The highest BCUT2D eigenvalue weighted by Crippen LogP contribution is 2.25. The molecule has 2 aromatic rings. The van der Waals surface area contributed by atoms with E-state index in [-0.39, 0.29) is 12.4 Å². The lowest BCUT2D eigenvalue weighted by atomic mass is 10.1. The second kappa shape index (κ2) is 6.18. The highest BCUT2D eigenvalue weighted by molar-refractivity contribution is 5.97. The maximum Gasteiger partial charge on any atom is 0.226 e. The molecular weight excluding hydrogens is 260 g/mol. The molecule has 0 radical (unpaired) electrons. The zero-order chi connectivity index (χ0) is 14.5. The molecule has 2 rings (SSSR count). The fourth-order valence-electron chi connectivity index (χ4n) is 1.67. The van der Waals surface area contributed by atoms with Gasteiger partial charge in [0.2, 0.25) is 11.7 Å². The quantitative estimate of drug-likeness (QED) is 0.754. The van der Waals surface area contributed by atoms with Gasteiger partial charge in [-0.05, 0) is 19.1 Å².